The molecule has 1 N–H and O–H groups in total. The van der Waals surface area contributed by atoms with Gasteiger partial charge in [-0.2, -0.15) is 4.31 Å². The zero-order valence-electron chi connectivity index (χ0n) is 19.8. The van der Waals surface area contributed by atoms with E-state index >= 15 is 0 Å². The number of morpholine rings is 1. The second-order valence-corrected chi connectivity index (χ2v) is 11.4. The Morgan fingerprint density at radius 1 is 1.03 bits per heavy atom. The summed E-state index contributed by atoms with van der Waals surface area (Å²) >= 11 is 0. The number of carbonyl (C=O) groups is 1. The number of nitrogens with zero attached hydrogens (tertiary/aromatic N) is 4. The average Bonchev–Trinajstić information content (AvgIpc) is 3.18. The number of carbonyl (C=O) groups excluding carboxylic acids is 1. The smallest absolute Gasteiger partial charge is 0.248 e. The molecule has 3 fully saturated rings. The summed E-state index contributed by atoms with van der Waals surface area (Å²) in [5.41, 5.74) is 0.421. The van der Waals surface area contributed by atoms with Crippen LogP contribution in [0.2, 0.25) is 0 Å². The minimum absolute atomic E-state index is 0.00948. The lowest BCUT2D eigenvalue weighted by molar-refractivity contribution is -0.123. The summed E-state index contributed by atoms with van der Waals surface area (Å²) in [5, 5.41) is 6.98. The summed E-state index contributed by atoms with van der Waals surface area (Å²) in [5.74, 6) is 0.321. The second kappa shape index (κ2) is 10.4. The average molecular weight is 484 g/mol. The minimum Gasteiger partial charge on any atom is -0.379 e. The molecule has 11 heteroatoms. The molecule has 3 heterocycles. The zero-order valence-corrected chi connectivity index (χ0v) is 20.7. The quantitative estimate of drug-likeness (QED) is 0.605. The van der Waals surface area contributed by atoms with Gasteiger partial charge < -0.3 is 14.6 Å². The van der Waals surface area contributed by atoms with Crippen molar-refractivity contribution in [2.24, 2.45) is 0 Å². The number of hydrogen-bond donors (Lipinski definition) is 1. The van der Waals surface area contributed by atoms with Crippen LogP contribution < -0.4 is 5.32 Å². The van der Waals surface area contributed by atoms with E-state index in [1.807, 2.05) is 4.90 Å². The van der Waals surface area contributed by atoms with Gasteiger partial charge in [-0.05, 0) is 26.7 Å². The molecule has 0 aromatic carbocycles. The molecule has 2 saturated heterocycles. The molecule has 0 spiro atoms. The van der Waals surface area contributed by atoms with Gasteiger partial charge in [0.2, 0.25) is 15.9 Å². The van der Waals surface area contributed by atoms with Crippen LogP contribution in [-0.2, 0) is 19.6 Å². The predicted octanol–water partition coefficient (Wildman–Crippen LogP) is 0.749. The number of nitrogens with one attached hydrogen (secondary N) is 1. The van der Waals surface area contributed by atoms with Gasteiger partial charge in [0.15, 0.2) is 5.76 Å². The SMILES string of the molecule is Cc1noc(C)c1S(=O)(=O)N1CCN(CC(=O)NCC2(N3CCOCC3)CCCCC2)CC1. The molecule has 186 valence electrons. The highest BCUT2D eigenvalue weighted by Crippen LogP contribution is 2.34. The van der Waals surface area contributed by atoms with E-state index in [4.69, 9.17) is 9.26 Å². The lowest BCUT2D eigenvalue weighted by Crippen LogP contribution is -2.60. The van der Waals surface area contributed by atoms with Crippen molar-refractivity contribution in [2.45, 2.75) is 56.4 Å². The second-order valence-electron chi connectivity index (χ2n) is 9.49. The first-order valence-corrected chi connectivity index (χ1v) is 13.5. The Labute approximate surface area is 196 Å². The van der Waals surface area contributed by atoms with Crippen LogP contribution in [0.3, 0.4) is 0 Å². The van der Waals surface area contributed by atoms with Crippen LogP contribution in [0.4, 0.5) is 0 Å². The summed E-state index contributed by atoms with van der Waals surface area (Å²) in [7, 11) is -3.64. The topological polar surface area (TPSA) is 108 Å². The van der Waals surface area contributed by atoms with E-state index in [1.54, 1.807) is 13.8 Å². The van der Waals surface area contributed by atoms with Gasteiger partial charge in [0.05, 0.1) is 19.8 Å². The molecule has 0 radical (unpaired) electrons. The van der Waals surface area contributed by atoms with Crippen molar-refractivity contribution in [3.63, 3.8) is 0 Å². The number of piperazine rings is 1. The molecule has 1 aliphatic carbocycles. The lowest BCUT2D eigenvalue weighted by atomic mass is 9.79. The zero-order chi connectivity index (χ0) is 23.5. The summed E-state index contributed by atoms with van der Waals surface area (Å²) in [4.78, 5) is 17.5. The van der Waals surface area contributed by atoms with Gasteiger partial charge in [0, 0.05) is 51.4 Å². The lowest BCUT2D eigenvalue weighted by Gasteiger charge is -2.48. The molecule has 10 nitrogen and oxygen atoms in total. The number of amides is 1. The Morgan fingerprint density at radius 3 is 2.30 bits per heavy atom. The Morgan fingerprint density at radius 2 is 1.70 bits per heavy atom. The Hall–Kier alpha value is -1.53. The van der Waals surface area contributed by atoms with Gasteiger partial charge in [-0.25, -0.2) is 8.42 Å². The number of aromatic nitrogens is 1. The molecule has 1 saturated carbocycles. The van der Waals surface area contributed by atoms with Crippen molar-refractivity contribution in [2.75, 3.05) is 65.6 Å². The molecule has 4 rings (SSSR count). The number of sulfonamides is 1. The highest BCUT2D eigenvalue weighted by Gasteiger charge is 2.39. The van der Waals surface area contributed by atoms with E-state index in [2.05, 4.69) is 15.4 Å². The van der Waals surface area contributed by atoms with Gasteiger partial charge in [-0.15, -0.1) is 0 Å². The monoisotopic (exact) mass is 483 g/mol. The van der Waals surface area contributed by atoms with Crippen LogP contribution in [0.1, 0.15) is 43.6 Å². The molecule has 3 aliphatic rings. The fraction of sp³-hybridized carbons (Fsp3) is 0.818. The van der Waals surface area contributed by atoms with E-state index in [1.165, 1.54) is 23.6 Å². The molecule has 0 bridgehead atoms. The number of ether oxygens (including phenoxy) is 1. The van der Waals surface area contributed by atoms with Crippen molar-refractivity contribution in [1.82, 2.24) is 24.6 Å². The number of aryl methyl sites for hydroxylation is 2. The van der Waals surface area contributed by atoms with E-state index in [0.717, 1.165) is 39.1 Å². The van der Waals surface area contributed by atoms with Crippen LogP contribution in [0.15, 0.2) is 9.42 Å². The third kappa shape index (κ3) is 5.43. The maximum Gasteiger partial charge on any atom is 0.248 e. The summed E-state index contributed by atoms with van der Waals surface area (Å²) in [6.45, 7) is 9.32. The molecule has 1 amide bonds. The minimum atomic E-state index is -3.64. The molecular formula is C22H37N5O5S. The first-order chi connectivity index (χ1) is 15.8. The fourth-order valence-electron chi connectivity index (χ4n) is 5.47. The maximum absolute atomic E-state index is 13.0. The Balaban J connectivity index is 1.28. The van der Waals surface area contributed by atoms with E-state index in [9.17, 15) is 13.2 Å². The molecule has 0 unspecified atom stereocenters. The van der Waals surface area contributed by atoms with Gasteiger partial charge >= 0.3 is 0 Å². The van der Waals surface area contributed by atoms with Gasteiger partial charge in [0.25, 0.3) is 0 Å². The van der Waals surface area contributed by atoms with Crippen molar-refractivity contribution in [3.8, 4) is 0 Å². The number of rotatable bonds is 7. The molecule has 2 aliphatic heterocycles. The van der Waals surface area contributed by atoms with Gasteiger partial charge in [0.1, 0.15) is 10.6 Å². The summed E-state index contributed by atoms with van der Waals surface area (Å²) in [6, 6.07) is 0. The molecule has 0 atom stereocenters. The first-order valence-electron chi connectivity index (χ1n) is 12.1. The van der Waals surface area contributed by atoms with E-state index in [0.29, 0.717) is 50.7 Å². The van der Waals surface area contributed by atoms with Crippen LogP contribution in [0.5, 0.6) is 0 Å². The molecular weight excluding hydrogens is 446 g/mol. The third-order valence-corrected chi connectivity index (χ3v) is 9.49. The summed E-state index contributed by atoms with van der Waals surface area (Å²) < 4.78 is 38.0. The van der Waals surface area contributed by atoms with E-state index in [-0.39, 0.29) is 16.3 Å². The van der Waals surface area contributed by atoms with Crippen LogP contribution in [0, 0.1) is 13.8 Å². The molecule has 1 aromatic heterocycles. The van der Waals surface area contributed by atoms with Crippen molar-refractivity contribution in [3.05, 3.63) is 11.5 Å². The van der Waals surface area contributed by atoms with E-state index < -0.39 is 10.0 Å². The maximum atomic E-state index is 13.0. The molecule has 33 heavy (non-hydrogen) atoms. The van der Waals surface area contributed by atoms with Gasteiger partial charge in [-0.1, -0.05) is 24.4 Å². The first kappa shape index (κ1) is 24.6. The highest BCUT2D eigenvalue weighted by molar-refractivity contribution is 7.89. The molecule has 1 aromatic rings. The Kier molecular flexibility index (Phi) is 7.74. The normalized spacial score (nSPS) is 23.5. The Bertz CT molecular complexity index is 894. The fourth-order valence-corrected chi connectivity index (χ4v) is 7.19. The number of hydrogen-bond acceptors (Lipinski definition) is 8. The predicted molar refractivity (Wildman–Crippen MR) is 122 cm³/mol. The third-order valence-electron chi connectivity index (χ3n) is 7.34. The van der Waals surface area contributed by atoms with Crippen molar-refractivity contribution < 1.29 is 22.5 Å². The largest absolute Gasteiger partial charge is 0.379 e. The van der Waals surface area contributed by atoms with Crippen LogP contribution in [0.25, 0.3) is 0 Å². The van der Waals surface area contributed by atoms with Crippen molar-refractivity contribution in [1.29, 1.82) is 0 Å². The highest BCUT2D eigenvalue weighted by atomic mass is 32.2. The van der Waals surface area contributed by atoms with Crippen LogP contribution >= 0.6 is 0 Å². The van der Waals surface area contributed by atoms with Crippen LogP contribution in [-0.4, -0.2) is 105 Å². The summed E-state index contributed by atoms with van der Waals surface area (Å²) in [6.07, 6.45) is 5.90. The van der Waals surface area contributed by atoms with Crippen molar-refractivity contribution >= 4 is 15.9 Å². The standard InChI is InChI=1S/C22H37N5O5S/c1-18-21(19(2)32-24-18)33(29,30)27-10-8-25(9-11-27)16-20(28)23-17-22(6-4-3-5-7-22)26-12-14-31-15-13-26/h3-17H2,1-2H3,(H,23,28). The van der Waals surface area contributed by atoms with Gasteiger partial charge in [-0.3, -0.25) is 14.6 Å².